The lowest BCUT2D eigenvalue weighted by Gasteiger charge is -2.28. The van der Waals surface area contributed by atoms with Gasteiger partial charge in [-0.15, -0.1) is 0 Å². The van der Waals surface area contributed by atoms with Crippen molar-refractivity contribution in [2.45, 2.75) is 45.4 Å². The number of benzene rings is 5. The summed E-state index contributed by atoms with van der Waals surface area (Å²) in [6.07, 6.45) is 5.66. The second-order valence-electron chi connectivity index (χ2n) is 12.4. The molecule has 2 fully saturated rings. The Morgan fingerprint density at radius 1 is 0.634 bits per heavy atom. The Kier molecular flexibility index (Phi) is 5.77. The van der Waals surface area contributed by atoms with E-state index in [1.165, 1.54) is 64.9 Å². The van der Waals surface area contributed by atoms with Gasteiger partial charge < -0.3 is 9.32 Å². The first-order valence-corrected chi connectivity index (χ1v) is 15.1. The minimum Gasteiger partial charge on any atom is -0.456 e. The fraction of sp³-hybridized carbons (Fsp3) is 0.231. The highest BCUT2D eigenvalue weighted by Crippen LogP contribution is 2.53. The fourth-order valence-corrected chi connectivity index (χ4v) is 7.75. The summed E-state index contributed by atoms with van der Waals surface area (Å²) in [6.45, 7) is 4.38. The molecule has 5 aromatic carbocycles. The highest BCUT2D eigenvalue weighted by Gasteiger charge is 2.40. The van der Waals surface area contributed by atoms with Crippen molar-refractivity contribution in [2.75, 3.05) is 4.90 Å². The smallest absolute Gasteiger partial charge is 0.135 e. The molecule has 41 heavy (non-hydrogen) atoms. The molecule has 0 aliphatic heterocycles. The Labute approximate surface area is 242 Å². The zero-order valence-electron chi connectivity index (χ0n) is 23.8. The Balaban J connectivity index is 1.24. The minimum absolute atomic E-state index is 0.737. The molecule has 2 heteroatoms. The van der Waals surface area contributed by atoms with Crippen molar-refractivity contribution in [1.29, 1.82) is 0 Å². The van der Waals surface area contributed by atoms with Gasteiger partial charge in [-0.2, -0.15) is 0 Å². The number of fused-ring (bicyclic) bond motifs is 5. The molecule has 2 aliphatic carbocycles. The monoisotopic (exact) mass is 533 g/mol. The summed E-state index contributed by atoms with van der Waals surface area (Å²) in [7, 11) is 0. The van der Waals surface area contributed by atoms with E-state index >= 15 is 0 Å². The number of furan rings is 1. The molecule has 2 saturated carbocycles. The minimum atomic E-state index is 0.737. The van der Waals surface area contributed by atoms with Crippen LogP contribution in [-0.4, -0.2) is 0 Å². The van der Waals surface area contributed by atoms with Crippen LogP contribution in [0, 0.1) is 25.7 Å². The molecule has 8 rings (SSSR count). The molecule has 1 heterocycles. The van der Waals surface area contributed by atoms with Crippen LogP contribution < -0.4 is 4.90 Å². The van der Waals surface area contributed by atoms with Gasteiger partial charge in [-0.25, -0.2) is 0 Å². The summed E-state index contributed by atoms with van der Waals surface area (Å²) in [6, 6.07) is 40.1. The molecule has 1 aromatic heterocycles. The lowest BCUT2D eigenvalue weighted by atomic mass is 9.83. The normalized spacial score (nSPS) is 19.8. The summed E-state index contributed by atoms with van der Waals surface area (Å²) in [5.41, 5.74) is 12.0. The maximum Gasteiger partial charge on any atom is 0.135 e. The number of aryl methyl sites for hydroxylation is 2. The van der Waals surface area contributed by atoms with Gasteiger partial charge in [0, 0.05) is 27.8 Å². The van der Waals surface area contributed by atoms with E-state index in [-0.39, 0.29) is 0 Å². The number of rotatable bonds is 5. The molecule has 0 spiro atoms. The molecule has 3 unspecified atom stereocenters. The molecule has 0 amide bonds. The molecule has 0 radical (unpaired) electrons. The molecule has 0 saturated heterocycles. The Morgan fingerprint density at radius 2 is 1.41 bits per heavy atom. The van der Waals surface area contributed by atoms with Crippen LogP contribution in [0.15, 0.2) is 114 Å². The van der Waals surface area contributed by atoms with Crippen LogP contribution in [0.4, 0.5) is 17.1 Å². The van der Waals surface area contributed by atoms with Gasteiger partial charge in [-0.1, -0.05) is 72.6 Å². The van der Waals surface area contributed by atoms with E-state index in [0.29, 0.717) is 0 Å². The molecule has 2 bridgehead atoms. The number of hydrogen-bond donors (Lipinski definition) is 0. The third kappa shape index (κ3) is 4.25. The third-order valence-corrected chi connectivity index (χ3v) is 9.73. The van der Waals surface area contributed by atoms with Crippen molar-refractivity contribution in [3.63, 3.8) is 0 Å². The van der Waals surface area contributed by atoms with Crippen LogP contribution in [-0.2, 0) is 0 Å². The van der Waals surface area contributed by atoms with Crippen LogP contribution in [0.2, 0.25) is 0 Å². The quantitative estimate of drug-likeness (QED) is 0.219. The van der Waals surface area contributed by atoms with Crippen molar-refractivity contribution >= 4 is 39.0 Å². The molecule has 202 valence electrons. The summed E-state index contributed by atoms with van der Waals surface area (Å²) in [5.74, 6) is 2.57. The molecule has 2 aliphatic rings. The van der Waals surface area contributed by atoms with Gasteiger partial charge in [-0.3, -0.25) is 0 Å². The largest absolute Gasteiger partial charge is 0.456 e. The highest BCUT2D eigenvalue weighted by atomic mass is 16.3. The van der Waals surface area contributed by atoms with E-state index in [2.05, 4.69) is 122 Å². The van der Waals surface area contributed by atoms with Gasteiger partial charge in [0.1, 0.15) is 11.2 Å². The zero-order chi connectivity index (χ0) is 27.5. The number of hydrogen-bond acceptors (Lipinski definition) is 2. The van der Waals surface area contributed by atoms with Crippen LogP contribution in [0.3, 0.4) is 0 Å². The summed E-state index contributed by atoms with van der Waals surface area (Å²) >= 11 is 0. The second kappa shape index (κ2) is 9.66. The lowest BCUT2D eigenvalue weighted by Crippen LogP contribution is -2.12. The lowest BCUT2D eigenvalue weighted by molar-refractivity contribution is 0.420. The number of nitrogens with zero attached hydrogens (tertiary/aromatic N) is 1. The SMILES string of the molecule is Cc1cccc(-c2ccc(N(c3ccc(C4CC5CCC4C5)cc3)c3ccc4oc5ccccc5c4c3)cc2C)c1. The molecule has 6 aromatic rings. The van der Waals surface area contributed by atoms with Gasteiger partial charge in [0.25, 0.3) is 0 Å². The first-order valence-electron chi connectivity index (χ1n) is 15.1. The maximum atomic E-state index is 6.17. The number of anilines is 3. The van der Waals surface area contributed by atoms with E-state index in [4.69, 9.17) is 4.42 Å². The van der Waals surface area contributed by atoms with E-state index < -0.39 is 0 Å². The topological polar surface area (TPSA) is 16.4 Å². The van der Waals surface area contributed by atoms with Crippen LogP contribution in [0.5, 0.6) is 0 Å². The van der Waals surface area contributed by atoms with E-state index in [0.717, 1.165) is 45.4 Å². The zero-order valence-corrected chi connectivity index (χ0v) is 23.8. The van der Waals surface area contributed by atoms with Gasteiger partial charge >= 0.3 is 0 Å². The molecule has 0 N–H and O–H groups in total. The van der Waals surface area contributed by atoms with Gasteiger partial charge in [0.2, 0.25) is 0 Å². The van der Waals surface area contributed by atoms with Crippen molar-refractivity contribution in [3.05, 3.63) is 126 Å². The average molecular weight is 534 g/mol. The average Bonchev–Trinajstić information content (AvgIpc) is 3.73. The van der Waals surface area contributed by atoms with E-state index in [1.54, 1.807) is 0 Å². The van der Waals surface area contributed by atoms with Crippen molar-refractivity contribution in [3.8, 4) is 11.1 Å². The first kappa shape index (κ1) is 24.5. The first-order chi connectivity index (χ1) is 20.1. The second-order valence-corrected chi connectivity index (χ2v) is 12.4. The van der Waals surface area contributed by atoms with Crippen LogP contribution >= 0.6 is 0 Å². The van der Waals surface area contributed by atoms with Crippen LogP contribution in [0.25, 0.3) is 33.1 Å². The Bertz CT molecular complexity index is 1900. The standard InChI is InChI=1S/C39H35NO/c1-25-6-5-7-29(20-25)34-18-16-32(21-26(34)2)40(31-14-12-28(13-15-31)36-23-27-10-11-30(36)22-27)33-17-19-39-37(24-33)35-8-3-4-9-38(35)41-39/h3-9,12-21,24,27,30,36H,10-11,22-23H2,1-2H3. The van der Waals surface area contributed by atoms with Crippen molar-refractivity contribution < 1.29 is 4.42 Å². The number of para-hydroxylation sites is 1. The Morgan fingerprint density at radius 3 is 2.20 bits per heavy atom. The van der Waals surface area contributed by atoms with Crippen molar-refractivity contribution in [2.24, 2.45) is 11.8 Å². The van der Waals surface area contributed by atoms with E-state index in [1.807, 2.05) is 6.07 Å². The Hall–Kier alpha value is -4.30. The van der Waals surface area contributed by atoms with Gasteiger partial charge in [0.05, 0.1) is 0 Å². The van der Waals surface area contributed by atoms with Crippen LogP contribution in [0.1, 0.15) is 48.3 Å². The molecule has 3 atom stereocenters. The maximum absolute atomic E-state index is 6.17. The molecular formula is C39H35NO. The molecule has 2 nitrogen and oxygen atoms in total. The summed E-state index contributed by atoms with van der Waals surface area (Å²) in [5, 5.41) is 2.30. The summed E-state index contributed by atoms with van der Waals surface area (Å²) < 4.78 is 6.17. The van der Waals surface area contributed by atoms with E-state index in [9.17, 15) is 0 Å². The third-order valence-electron chi connectivity index (χ3n) is 9.73. The highest BCUT2D eigenvalue weighted by molar-refractivity contribution is 6.06. The predicted octanol–water partition coefficient (Wildman–Crippen LogP) is 11.2. The predicted molar refractivity (Wildman–Crippen MR) is 172 cm³/mol. The van der Waals surface area contributed by atoms with Crippen molar-refractivity contribution in [1.82, 2.24) is 0 Å². The van der Waals surface area contributed by atoms with Gasteiger partial charge in [0.15, 0.2) is 0 Å². The van der Waals surface area contributed by atoms with Gasteiger partial charge in [-0.05, 0) is 122 Å². The molecular weight excluding hydrogens is 498 g/mol. The summed E-state index contributed by atoms with van der Waals surface area (Å²) in [4.78, 5) is 2.40. The fourth-order valence-electron chi connectivity index (χ4n) is 7.75.